The molecule has 1 aliphatic heterocycles. The van der Waals surface area contributed by atoms with Crippen LogP contribution in [0.15, 0.2) is 48.5 Å². The number of fused-ring (bicyclic) bond motifs is 1. The van der Waals surface area contributed by atoms with E-state index < -0.39 is 18.2 Å². The van der Waals surface area contributed by atoms with Gasteiger partial charge in [-0.15, -0.1) is 0 Å². The number of nitrogens with one attached hydrogen (secondary N) is 3. The summed E-state index contributed by atoms with van der Waals surface area (Å²) in [5, 5.41) is 8.23. The molecule has 7 heteroatoms. The van der Waals surface area contributed by atoms with Crippen LogP contribution in [0.3, 0.4) is 0 Å². The molecule has 3 N–H and O–H groups in total. The maximum Gasteiger partial charge on any atom is 0.320 e. The molecule has 0 spiro atoms. The van der Waals surface area contributed by atoms with Crippen molar-refractivity contribution >= 4 is 29.0 Å². The largest absolute Gasteiger partial charge is 0.486 e. The molecule has 136 valence electrons. The van der Waals surface area contributed by atoms with Gasteiger partial charge in [0.15, 0.2) is 0 Å². The number of rotatable bonds is 3. The minimum absolute atomic E-state index is 0.320. The van der Waals surface area contributed by atoms with Gasteiger partial charge < -0.3 is 25.6 Å². The first-order valence-electron chi connectivity index (χ1n) is 8.35. The van der Waals surface area contributed by atoms with Crippen molar-refractivity contribution in [3.63, 3.8) is 0 Å². The molecule has 0 unspecified atom stereocenters. The molecule has 7 nitrogen and oxygen atoms in total. The molecule has 2 aromatic rings. The predicted octanol–water partition coefficient (Wildman–Crippen LogP) is 2.66. The summed E-state index contributed by atoms with van der Waals surface area (Å²) in [6, 6.07) is 13.3. The van der Waals surface area contributed by atoms with Gasteiger partial charge in [0.2, 0.25) is 0 Å². The van der Waals surface area contributed by atoms with Gasteiger partial charge in [-0.25, -0.2) is 4.79 Å². The first-order valence-corrected chi connectivity index (χ1v) is 8.35. The summed E-state index contributed by atoms with van der Waals surface area (Å²) < 4.78 is 5.81. The van der Waals surface area contributed by atoms with Gasteiger partial charge in [0.25, 0.3) is 5.91 Å². The highest BCUT2D eigenvalue weighted by molar-refractivity contribution is 6.01. The van der Waals surface area contributed by atoms with E-state index in [0.29, 0.717) is 17.1 Å². The number of benzene rings is 2. The lowest BCUT2D eigenvalue weighted by molar-refractivity contribution is -0.119. The highest BCUT2D eigenvalue weighted by atomic mass is 16.5. The second kappa shape index (κ2) is 7.35. The van der Waals surface area contributed by atoms with Crippen LogP contribution in [0.5, 0.6) is 5.75 Å². The molecule has 2 atom stereocenters. The van der Waals surface area contributed by atoms with Crippen molar-refractivity contribution in [2.45, 2.75) is 19.1 Å². The molecule has 0 bridgehead atoms. The fraction of sp³-hybridized carbons (Fsp3) is 0.263. The SMILES string of the molecule is C[C@@H]1Oc2ccccc2NC(=O)[C@@H]1NC(=O)Nc1cccc(N(C)C)c1. The number of hydrogen-bond acceptors (Lipinski definition) is 4. The molecule has 3 rings (SSSR count). The fourth-order valence-electron chi connectivity index (χ4n) is 2.72. The summed E-state index contributed by atoms with van der Waals surface area (Å²) in [5.74, 6) is 0.261. The van der Waals surface area contributed by atoms with E-state index in [4.69, 9.17) is 4.74 Å². The van der Waals surface area contributed by atoms with Gasteiger partial charge in [-0.1, -0.05) is 18.2 Å². The quantitative estimate of drug-likeness (QED) is 0.791. The molecular formula is C19H22N4O3. The number of nitrogens with zero attached hydrogens (tertiary/aromatic N) is 1. The number of carbonyl (C=O) groups excluding carboxylic acids is 2. The Balaban J connectivity index is 1.69. The van der Waals surface area contributed by atoms with E-state index in [1.807, 2.05) is 49.3 Å². The van der Waals surface area contributed by atoms with Gasteiger partial charge in [-0.05, 0) is 37.3 Å². The van der Waals surface area contributed by atoms with Gasteiger partial charge >= 0.3 is 6.03 Å². The minimum Gasteiger partial charge on any atom is -0.486 e. The summed E-state index contributed by atoms with van der Waals surface area (Å²) in [4.78, 5) is 26.8. The molecule has 0 aromatic heterocycles. The topological polar surface area (TPSA) is 82.7 Å². The molecular weight excluding hydrogens is 332 g/mol. The van der Waals surface area contributed by atoms with Gasteiger partial charge in [0.1, 0.15) is 17.9 Å². The maximum absolute atomic E-state index is 12.5. The average Bonchev–Trinajstić information content (AvgIpc) is 2.72. The van der Waals surface area contributed by atoms with Crippen molar-refractivity contribution in [2.24, 2.45) is 0 Å². The molecule has 0 fully saturated rings. The smallest absolute Gasteiger partial charge is 0.320 e. The van der Waals surface area contributed by atoms with Crippen LogP contribution in [-0.2, 0) is 4.79 Å². The van der Waals surface area contributed by atoms with E-state index in [9.17, 15) is 9.59 Å². The monoisotopic (exact) mass is 354 g/mol. The lowest BCUT2D eigenvalue weighted by Gasteiger charge is -2.22. The van der Waals surface area contributed by atoms with Crippen LogP contribution < -0.4 is 25.6 Å². The zero-order valence-electron chi connectivity index (χ0n) is 14.9. The molecule has 0 saturated carbocycles. The number of ether oxygens (including phenoxy) is 1. The first-order chi connectivity index (χ1) is 12.4. The van der Waals surface area contributed by atoms with Crippen LogP contribution in [0.4, 0.5) is 21.9 Å². The number of urea groups is 1. The highest BCUT2D eigenvalue weighted by Crippen LogP contribution is 2.28. The van der Waals surface area contributed by atoms with Gasteiger partial charge in [-0.3, -0.25) is 4.79 Å². The molecule has 26 heavy (non-hydrogen) atoms. The van der Waals surface area contributed by atoms with Crippen molar-refractivity contribution in [1.29, 1.82) is 0 Å². The standard InChI is InChI=1S/C19H22N4O3/c1-12-17(18(24)21-15-9-4-5-10-16(15)26-12)22-19(25)20-13-7-6-8-14(11-13)23(2)3/h4-12,17H,1-3H3,(H,21,24)(H2,20,22,25)/t12-,17+/m0/s1. The Hall–Kier alpha value is -3.22. The Morgan fingerprint density at radius 1 is 1.15 bits per heavy atom. The zero-order valence-corrected chi connectivity index (χ0v) is 14.9. The Labute approximate surface area is 152 Å². The Kier molecular flexibility index (Phi) is 4.97. The minimum atomic E-state index is -0.820. The van der Waals surface area contributed by atoms with E-state index in [-0.39, 0.29) is 5.91 Å². The Bertz CT molecular complexity index is 822. The number of para-hydroxylation sites is 2. The van der Waals surface area contributed by atoms with E-state index in [1.54, 1.807) is 25.1 Å². The molecule has 1 aliphatic rings. The molecule has 2 aromatic carbocycles. The van der Waals surface area contributed by atoms with Crippen molar-refractivity contribution in [1.82, 2.24) is 5.32 Å². The fourth-order valence-corrected chi connectivity index (χ4v) is 2.72. The third-order valence-electron chi connectivity index (χ3n) is 4.12. The second-order valence-electron chi connectivity index (χ2n) is 6.33. The number of carbonyl (C=O) groups is 2. The average molecular weight is 354 g/mol. The van der Waals surface area contributed by atoms with Crippen molar-refractivity contribution in [3.05, 3.63) is 48.5 Å². The van der Waals surface area contributed by atoms with Crippen LogP contribution in [-0.4, -0.2) is 38.2 Å². The Morgan fingerprint density at radius 3 is 2.69 bits per heavy atom. The lowest BCUT2D eigenvalue weighted by atomic mass is 10.1. The van der Waals surface area contributed by atoms with Crippen molar-refractivity contribution in [2.75, 3.05) is 29.6 Å². The number of hydrogen-bond donors (Lipinski definition) is 3. The normalized spacial score (nSPS) is 18.7. The summed E-state index contributed by atoms with van der Waals surface area (Å²) in [6.45, 7) is 1.75. The molecule has 0 saturated heterocycles. The van der Waals surface area contributed by atoms with Crippen LogP contribution >= 0.6 is 0 Å². The Morgan fingerprint density at radius 2 is 1.92 bits per heavy atom. The van der Waals surface area contributed by atoms with Crippen LogP contribution in [0.25, 0.3) is 0 Å². The van der Waals surface area contributed by atoms with E-state index in [0.717, 1.165) is 5.69 Å². The van der Waals surface area contributed by atoms with E-state index in [1.165, 1.54) is 0 Å². The highest BCUT2D eigenvalue weighted by Gasteiger charge is 2.32. The van der Waals surface area contributed by atoms with Crippen LogP contribution in [0.2, 0.25) is 0 Å². The third-order valence-corrected chi connectivity index (χ3v) is 4.12. The summed E-state index contributed by atoms with van der Waals surface area (Å²) in [6.07, 6.45) is -0.516. The predicted molar refractivity (Wildman–Crippen MR) is 102 cm³/mol. The third kappa shape index (κ3) is 3.88. The van der Waals surface area contributed by atoms with E-state index in [2.05, 4.69) is 16.0 Å². The lowest BCUT2D eigenvalue weighted by Crippen LogP contribution is -2.52. The van der Waals surface area contributed by atoms with Gasteiger partial charge in [-0.2, -0.15) is 0 Å². The number of anilines is 3. The summed E-state index contributed by atoms with van der Waals surface area (Å²) >= 11 is 0. The first kappa shape index (κ1) is 17.6. The van der Waals surface area contributed by atoms with Gasteiger partial charge in [0, 0.05) is 25.5 Å². The van der Waals surface area contributed by atoms with Crippen LogP contribution in [0, 0.1) is 0 Å². The van der Waals surface area contributed by atoms with Crippen LogP contribution in [0.1, 0.15) is 6.92 Å². The van der Waals surface area contributed by atoms with Crippen molar-refractivity contribution < 1.29 is 14.3 Å². The molecule has 0 aliphatic carbocycles. The summed E-state index contributed by atoms with van der Waals surface area (Å²) in [5.41, 5.74) is 2.19. The number of amides is 3. The molecule has 0 radical (unpaired) electrons. The van der Waals surface area contributed by atoms with E-state index >= 15 is 0 Å². The summed E-state index contributed by atoms with van der Waals surface area (Å²) in [7, 11) is 3.84. The maximum atomic E-state index is 12.5. The second-order valence-corrected chi connectivity index (χ2v) is 6.33. The van der Waals surface area contributed by atoms with Gasteiger partial charge in [0.05, 0.1) is 5.69 Å². The van der Waals surface area contributed by atoms with Crippen molar-refractivity contribution in [3.8, 4) is 5.75 Å². The zero-order chi connectivity index (χ0) is 18.7. The molecule has 3 amide bonds. The molecule has 1 heterocycles.